The number of fused-ring (bicyclic) bond motifs is 1. The first-order valence-electron chi connectivity index (χ1n) is 8.60. The normalized spacial score (nSPS) is 10.6. The number of aryl methyl sites for hydroxylation is 1. The number of benzene rings is 2. The number of nitrogens with zero attached hydrogens (tertiary/aromatic N) is 1. The molecule has 1 heterocycles. The van der Waals surface area contributed by atoms with E-state index in [0.29, 0.717) is 33.7 Å². The lowest BCUT2D eigenvalue weighted by Crippen LogP contribution is -2.24. The zero-order valence-corrected chi connectivity index (χ0v) is 16.1. The number of aromatic nitrogens is 1. The number of rotatable bonds is 6. The van der Waals surface area contributed by atoms with Crippen molar-refractivity contribution >= 4 is 16.8 Å². The van der Waals surface area contributed by atoms with E-state index in [0.717, 1.165) is 5.56 Å². The van der Waals surface area contributed by atoms with Crippen molar-refractivity contribution < 1.29 is 23.4 Å². The first kappa shape index (κ1) is 19.4. The predicted octanol–water partition coefficient (Wildman–Crippen LogP) is 3.64. The standard InChI is InChI=1S/C21H21FN2O4/c1-12-7-14(22)9-15-18(27-3)10-16(24-20(12)15)21(25)23-11-13-5-6-17(26-2)19(8-13)28-4/h5-10H,11H2,1-4H3,(H,23,25). The molecule has 2 aromatic carbocycles. The SMILES string of the molecule is COc1ccc(CNC(=O)c2cc(OC)c3cc(F)cc(C)c3n2)cc1OC. The molecule has 0 fully saturated rings. The molecule has 146 valence electrons. The van der Waals surface area contributed by atoms with Crippen LogP contribution in [0.3, 0.4) is 0 Å². The van der Waals surface area contributed by atoms with Gasteiger partial charge in [-0.2, -0.15) is 0 Å². The van der Waals surface area contributed by atoms with Gasteiger partial charge in [-0.3, -0.25) is 4.79 Å². The molecule has 0 atom stereocenters. The van der Waals surface area contributed by atoms with Crippen LogP contribution >= 0.6 is 0 Å². The molecule has 28 heavy (non-hydrogen) atoms. The Morgan fingerprint density at radius 1 is 1.00 bits per heavy atom. The quantitative estimate of drug-likeness (QED) is 0.703. The summed E-state index contributed by atoms with van der Waals surface area (Å²) in [7, 11) is 4.59. The summed E-state index contributed by atoms with van der Waals surface area (Å²) >= 11 is 0. The fraction of sp³-hybridized carbons (Fsp3) is 0.238. The Balaban J connectivity index is 1.86. The van der Waals surface area contributed by atoms with E-state index in [1.54, 1.807) is 33.3 Å². The van der Waals surface area contributed by atoms with Crippen LogP contribution in [0.1, 0.15) is 21.6 Å². The topological polar surface area (TPSA) is 69.7 Å². The maximum atomic E-state index is 13.7. The zero-order chi connectivity index (χ0) is 20.3. The van der Waals surface area contributed by atoms with Gasteiger partial charge in [-0.05, 0) is 42.3 Å². The van der Waals surface area contributed by atoms with E-state index >= 15 is 0 Å². The van der Waals surface area contributed by atoms with Crippen LogP contribution in [0, 0.1) is 12.7 Å². The maximum Gasteiger partial charge on any atom is 0.270 e. The van der Waals surface area contributed by atoms with Crippen molar-refractivity contribution in [2.45, 2.75) is 13.5 Å². The van der Waals surface area contributed by atoms with Gasteiger partial charge in [-0.25, -0.2) is 9.37 Å². The molecule has 0 radical (unpaired) electrons. The van der Waals surface area contributed by atoms with Crippen molar-refractivity contribution in [1.29, 1.82) is 0 Å². The lowest BCUT2D eigenvalue weighted by Gasteiger charge is -2.12. The van der Waals surface area contributed by atoms with Gasteiger partial charge in [-0.15, -0.1) is 0 Å². The van der Waals surface area contributed by atoms with Crippen LogP contribution in [0.5, 0.6) is 17.2 Å². The molecule has 1 amide bonds. The average Bonchev–Trinajstić information content (AvgIpc) is 2.70. The summed E-state index contributed by atoms with van der Waals surface area (Å²) in [4.78, 5) is 17.0. The van der Waals surface area contributed by atoms with Gasteiger partial charge in [0.2, 0.25) is 0 Å². The summed E-state index contributed by atoms with van der Waals surface area (Å²) in [6, 6.07) is 9.63. The van der Waals surface area contributed by atoms with Crippen LogP contribution in [0.2, 0.25) is 0 Å². The van der Waals surface area contributed by atoms with Crippen molar-refractivity contribution in [2.24, 2.45) is 0 Å². The third-order valence-electron chi connectivity index (χ3n) is 4.38. The van der Waals surface area contributed by atoms with E-state index in [-0.39, 0.29) is 24.0 Å². The number of carbonyl (C=O) groups is 1. The molecule has 3 aromatic rings. The minimum absolute atomic E-state index is 0.194. The zero-order valence-electron chi connectivity index (χ0n) is 16.1. The van der Waals surface area contributed by atoms with Crippen LogP contribution in [0.4, 0.5) is 4.39 Å². The molecule has 6 nitrogen and oxygen atoms in total. The molecule has 0 saturated carbocycles. The van der Waals surface area contributed by atoms with Gasteiger partial charge >= 0.3 is 0 Å². The molecule has 7 heteroatoms. The van der Waals surface area contributed by atoms with E-state index in [9.17, 15) is 9.18 Å². The van der Waals surface area contributed by atoms with Crippen LogP contribution in [0.25, 0.3) is 10.9 Å². The fourth-order valence-electron chi connectivity index (χ4n) is 2.98. The minimum Gasteiger partial charge on any atom is -0.496 e. The number of methoxy groups -OCH3 is 3. The third kappa shape index (κ3) is 3.83. The first-order chi connectivity index (χ1) is 13.5. The number of pyridine rings is 1. The second-order valence-electron chi connectivity index (χ2n) is 6.20. The van der Waals surface area contributed by atoms with Gasteiger partial charge in [0.15, 0.2) is 11.5 Å². The number of halogens is 1. The Hall–Kier alpha value is -3.35. The monoisotopic (exact) mass is 384 g/mol. The van der Waals surface area contributed by atoms with E-state index in [4.69, 9.17) is 14.2 Å². The predicted molar refractivity (Wildman–Crippen MR) is 104 cm³/mol. The summed E-state index contributed by atoms with van der Waals surface area (Å²) in [5, 5.41) is 3.35. The average molecular weight is 384 g/mol. The van der Waals surface area contributed by atoms with E-state index in [2.05, 4.69) is 10.3 Å². The maximum absolute atomic E-state index is 13.7. The van der Waals surface area contributed by atoms with E-state index < -0.39 is 0 Å². The van der Waals surface area contributed by atoms with E-state index in [1.165, 1.54) is 25.3 Å². The van der Waals surface area contributed by atoms with Crippen LogP contribution in [0.15, 0.2) is 36.4 Å². The molecule has 0 saturated heterocycles. The largest absolute Gasteiger partial charge is 0.496 e. The Bertz CT molecular complexity index is 1040. The second kappa shape index (κ2) is 8.12. The van der Waals surface area contributed by atoms with Crippen LogP contribution < -0.4 is 19.5 Å². The van der Waals surface area contributed by atoms with Gasteiger partial charge < -0.3 is 19.5 Å². The molecule has 0 aliphatic heterocycles. The number of carbonyl (C=O) groups excluding carboxylic acids is 1. The minimum atomic E-state index is -0.379. The number of nitrogens with one attached hydrogen (secondary N) is 1. The summed E-state index contributed by atoms with van der Waals surface area (Å²) in [5.74, 6) is 0.844. The Kier molecular flexibility index (Phi) is 5.63. The molecular weight excluding hydrogens is 363 g/mol. The first-order valence-corrected chi connectivity index (χ1v) is 8.60. The molecule has 0 spiro atoms. The molecule has 0 unspecified atom stereocenters. The Morgan fingerprint density at radius 3 is 2.39 bits per heavy atom. The smallest absolute Gasteiger partial charge is 0.270 e. The highest BCUT2D eigenvalue weighted by molar-refractivity contribution is 5.97. The highest BCUT2D eigenvalue weighted by Gasteiger charge is 2.15. The van der Waals surface area contributed by atoms with Gasteiger partial charge in [0.25, 0.3) is 5.91 Å². The summed E-state index contributed by atoms with van der Waals surface area (Å²) in [5.41, 5.74) is 2.19. The molecule has 0 bridgehead atoms. The lowest BCUT2D eigenvalue weighted by molar-refractivity contribution is 0.0946. The van der Waals surface area contributed by atoms with Gasteiger partial charge in [0, 0.05) is 18.0 Å². The summed E-state index contributed by atoms with van der Waals surface area (Å²) in [6.45, 7) is 2.02. The van der Waals surface area contributed by atoms with Crippen molar-refractivity contribution in [3.8, 4) is 17.2 Å². The van der Waals surface area contributed by atoms with Gasteiger partial charge in [0.05, 0.1) is 26.8 Å². The van der Waals surface area contributed by atoms with Gasteiger partial charge in [0.1, 0.15) is 17.3 Å². The fourth-order valence-corrected chi connectivity index (χ4v) is 2.98. The lowest BCUT2D eigenvalue weighted by atomic mass is 10.1. The van der Waals surface area contributed by atoms with Crippen molar-refractivity contribution in [3.63, 3.8) is 0 Å². The molecule has 3 rings (SSSR count). The molecule has 1 aromatic heterocycles. The third-order valence-corrected chi connectivity index (χ3v) is 4.38. The number of amides is 1. The number of hydrogen-bond acceptors (Lipinski definition) is 5. The van der Waals surface area contributed by atoms with Crippen molar-refractivity contribution in [2.75, 3.05) is 21.3 Å². The Labute approximate surface area is 162 Å². The Morgan fingerprint density at radius 2 is 1.71 bits per heavy atom. The molecular formula is C21H21FN2O4. The number of ether oxygens (including phenoxy) is 3. The van der Waals surface area contributed by atoms with E-state index in [1.807, 2.05) is 6.07 Å². The summed E-state index contributed by atoms with van der Waals surface area (Å²) in [6.07, 6.45) is 0. The van der Waals surface area contributed by atoms with Crippen molar-refractivity contribution in [1.82, 2.24) is 10.3 Å². The molecule has 1 N–H and O–H groups in total. The highest BCUT2D eigenvalue weighted by atomic mass is 19.1. The highest BCUT2D eigenvalue weighted by Crippen LogP contribution is 2.29. The van der Waals surface area contributed by atoms with Crippen LogP contribution in [-0.2, 0) is 6.54 Å². The van der Waals surface area contributed by atoms with Crippen molar-refractivity contribution in [3.05, 3.63) is 59.0 Å². The number of hydrogen-bond donors (Lipinski definition) is 1. The molecule has 0 aliphatic carbocycles. The molecule has 0 aliphatic rings. The van der Waals surface area contributed by atoms with Gasteiger partial charge in [-0.1, -0.05) is 6.07 Å². The summed E-state index contributed by atoms with van der Waals surface area (Å²) < 4.78 is 29.5. The second-order valence-corrected chi connectivity index (χ2v) is 6.20. The van der Waals surface area contributed by atoms with Crippen LogP contribution in [-0.4, -0.2) is 32.2 Å².